The Hall–Kier alpha value is -2.08. The Morgan fingerprint density at radius 3 is 2.64 bits per heavy atom. The van der Waals surface area contributed by atoms with Crippen molar-refractivity contribution in [2.24, 2.45) is 5.92 Å². The van der Waals surface area contributed by atoms with Crippen LogP contribution in [0.1, 0.15) is 48.9 Å². The molecule has 4 rings (SSSR count). The number of nitrogens with zero attached hydrogens (tertiary/aromatic N) is 2. The van der Waals surface area contributed by atoms with Gasteiger partial charge in [0.05, 0.1) is 6.61 Å². The minimum Gasteiger partial charge on any atom is -0.493 e. The van der Waals surface area contributed by atoms with Gasteiger partial charge in [0.15, 0.2) is 0 Å². The largest absolute Gasteiger partial charge is 0.493 e. The number of hydrogen-bond donors (Lipinski definition) is 0. The zero-order chi connectivity index (χ0) is 19.3. The first-order valence-electron chi connectivity index (χ1n) is 10.6. The van der Waals surface area contributed by atoms with Crippen LogP contribution >= 0.6 is 0 Å². The van der Waals surface area contributed by atoms with Crippen LogP contribution in [0.5, 0.6) is 5.75 Å². The third-order valence-electron chi connectivity index (χ3n) is 6.00. The van der Waals surface area contributed by atoms with Gasteiger partial charge >= 0.3 is 0 Å². The SMILES string of the molecule is O=C(c1cccc(OC[C@H]2CCCN(C(=O)[C@H]3CCCO3)C2)c1)N1CCCC1. The summed E-state index contributed by atoms with van der Waals surface area (Å²) >= 11 is 0. The van der Waals surface area contributed by atoms with Gasteiger partial charge in [0.2, 0.25) is 0 Å². The highest BCUT2D eigenvalue weighted by Gasteiger charge is 2.31. The van der Waals surface area contributed by atoms with Gasteiger partial charge in [0, 0.05) is 44.3 Å². The highest BCUT2D eigenvalue weighted by atomic mass is 16.5. The summed E-state index contributed by atoms with van der Waals surface area (Å²) in [7, 11) is 0. The first-order chi connectivity index (χ1) is 13.7. The van der Waals surface area contributed by atoms with E-state index in [1.165, 1.54) is 0 Å². The first kappa shape index (κ1) is 19.2. The van der Waals surface area contributed by atoms with Gasteiger partial charge in [-0.3, -0.25) is 9.59 Å². The van der Waals surface area contributed by atoms with Gasteiger partial charge in [0.25, 0.3) is 11.8 Å². The van der Waals surface area contributed by atoms with Gasteiger partial charge in [-0.15, -0.1) is 0 Å². The van der Waals surface area contributed by atoms with E-state index in [2.05, 4.69) is 0 Å². The van der Waals surface area contributed by atoms with Crippen LogP contribution in [0.2, 0.25) is 0 Å². The predicted molar refractivity (Wildman–Crippen MR) is 105 cm³/mol. The third-order valence-corrected chi connectivity index (χ3v) is 6.00. The third kappa shape index (κ3) is 4.49. The van der Waals surface area contributed by atoms with Crippen LogP contribution in [0, 0.1) is 5.92 Å². The summed E-state index contributed by atoms with van der Waals surface area (Å²) in [5.41, 5.74) is 0.693. The second-order valence-corrected chi connectivity index (χ2v) is 8.13. The van der Waals surface area contributed by atoms with Crippen molar-refractivity contribution in [3.05, 3.63) is 29.8 Å². The zero-order valence-corrected chi connectivity index (χ0v) is 16.5. The molecule has 3 heterocycles. The van der Waals surface area contributed by atoms with Crippen molar-refractivity contribution in [1.82, 2.24) is 9.80 Å². The first-order valence-corrected chi connectivity index (χ1v) is 10.6. The zero-order valence-electron chi connectivity index (χ0n) is 16.5. The molecule has 0 radical (unpaired) electrons. The van der Waals surface area contributed by atoms with E-state index in [4.69, 9.17) is 9.47 Å². The molecule has 3 aliphatic rings. The van der Waals surface area contributed by atoms with Crippen molar-refractivity contribution in [2.75, 3.05) is 39.4 Å². The van der Waals surface area contributed by atoms with Gasteiger partial charge in [-0.2, -0.15) is 0 Å². The van der Waals surface area contributed by atoms with E-state index in [9.17, 15) is 9.59 Å². The number of piperidine rings is 1. The van der Waals surface area contributed by atoms with E-state index in [-0.39, 0.29) is 17.9 Å². The maximum absolute atomic E-state index is 12.6. The Labute approximate surface area is 166 Å². The lowest BCUT2D eigenvalue weighted by Crippen LogP contribution is -2.45. The molecular formula is C22H30N2O4. The summed E-state index contributed by atoms with van der Waals surface area (Å²) in [4.78, 5) is 29.0. The summed E-state index contributed by atoms with van der Waals surface area (Å²) in [5.74, 6) is 1.28. The summed E-state index contributed by atoms with van der Waals surface area (Å²) in [6.45, 7) is 4.50. The Kier molecular flexibility index (Phi) is 6.15. The Morgan fingerprint density at radius 2 is 1.86 bits per heavy atom. The van der Waals surface area contributed by atoms with Crippen molar-refractivity contribution >= 4 is 11.8 Å². The molecule has 0 bridgehead atoms. The molecule has 28 heavy (non-hydrogen) atoms. The number of rotatable bonds is 5. The molecule has 3 saturated heterocycles. The average Bonchev–Trinajstić information content (AvgIpc) is 3.46. The molecule has 6 heteroatoms. The summed E-state index contributed by atoms with van der Waals surface area (Å²) in [6, 6.07) is 7.49. The number of hydrogen-bond acceptors (Lipinski definition) is 4. The summed E-state index contributed by atoms with van der Waals surface area (Å²) in [6.07, 6.45) is 5.81. The molecule has 2 amide bonds. The lowest BCUT2D eigenvalue weighted by molar-refractivity contribution is -0.143. The van der Waals surface area contributed by atoms with E-state index < -0.39 is 0 Å². The number of likely N-dealkylation sites (tertiary alicyclic amines) is 2. The number of carbonyl (C=O) groups is 2. The number of ether oxygens (including phenoxy) is 2. The lowest BCUT2D eigenvalue weighted by Gasteiger charge is -2.34. The molecule has 6 nitrogen and oxygen atoms in total. The van der Waals surface area contributed by atoms with Crippen LogP contribution in [0.15, 0.2) is 24.3 Å². The number of benzene rings is 1. The lowest BCUT2D eigenvalue weighted by atomic mass is 9.98. The van der Waals surface area contributed by atoms with Gasteiger partial charge in [-0.05, 0) is 56.7 Å². The Morgan fingerprint density at radius 1 is 1.04 bits per heavy atom. The molecule has 0 aromatic heterocycles. The van der Waals surface area contributed by atoms with Crippen LogP contribution in [0.25, 0.3) is 0 Å². The van der Waals surface area contributed by atoms with E-state index in [1.54, 1.807) is 0 Å². The Bertz CT molecular complexity index is 696. The average molecular weight is 386 g/mol. The quantitative estimate of drug-likeness (QED) is 0.781. The van der Waals surface area contributed by atoms with Gasteiger partial charge in [-0.1, -0.05) is 6.07 Å². The van der Waals surface area contributed by atoms with Crippen molar-refractivity contribution < 1.29 is 19.1 Å². The molecule has 0 saturated carbocycles. The van der Waals surface area contributed by atoms with Crippen LogP contribution in [0.3, 0.4) is 0 Å². The molecule has 0 N–H and O–H groups in total. The van der Waals surface area contributed by atoms with Gasteiger partial charge in [0.1, 0.15) is 11.9 Å². The fourth-order valence-electron chi connectivity index (χ4n) is 4.41. The molecule has 0 unspecified atom stereocenters. The smallest absolute Gasteiger partial charge is 0.253 e. The predicted octanol–water partition coefficient (Wildman–Crippen LogP) is 2.72. The maximum atomic E-state index is 12.6. The van der Waals surface area contributed by atoms with Gasteiger partial charge in [-0.25, -0.2) is 0 Å². The fourth-order valence-corrected chi connectivity index (χ4v) is 4.41. The molecular weight excluding hydrogens is 356 g/mol. The molecule has 0 spiro atoms. The highest BCUT2D eigenvalue weighted by Crippen LogP contribution is 2.23. The van der Waals surface area contributed by atoms with Crippen LogP contribution in [-0.4, -0.2) is 67.1 Å². The van der Waals surface area contributed by atoms with Crippen molar-refractivity contribution in [1.29, 1.82) is 0 Å². The summed E-state index contributed by atoms with van der Waals surface area (Å²) < 4.78 is 11.6. The minimum absolute atomic E-state index is 0.0916. The molecule has 3 aliphatic heterocycles. The minimum atomic E-state index is -0.243. The van der Waals surface area contributed by atoms with Gasteiger partial charge < -0.3 is 19.3 Å². The van der Waals surface area contributed by atoms with E-state index in [0.717, 1.165) is 70.5 Å². The molecule has 152 valence electrons. The normalized spacial score (nSPS) is 25.1. The van der Waals surface area contributed by atoms with Crippen LogP contribution in [0.4, 0.5) is 0 Å². The number of amides is 2. The number of carbonyl (C=O) groups excluding carboxylic acids is 2. The van der Waals surface area contributed by atoms with Crippen LogP contribution in [-0.2, 0) is 9.53 Å². The van der Waals surface area contributed by atoms with Crippen molar-refractivity contribution in [3.8, 4) is 5.75 Å². The van der Waals surface area contributed by atoms with Crippen LogP contribution < -0.4 is 4.74 Å². The molecule has 0 aliphatic carbocycles. The highest BCUT2D eigenvalue weighted by molar-refractivity contribution is 5.94. The summed E-state index contributed by atoms with van der Waals surface area (Å²) in [5, 5.41) is 0. The van der Waals surface area contributed by atoms with E-state index in [1.807, 2.05) is 34.1 Å². The molecule has 1 aromatic carbocycles. The second kappa shape index (κ2) is 8.95. The van der Waals surface area contributed by atoms with Crippen molar-refractivity contribution in [2.45, 2.75) is 44.6 Å². The van der Waals surface area contributed by atoms with Crippen molar-refractivity contribution in [3.63, 3.8) is 0 Å². The second-order valence-electron chi connectivity index (χ2n) is 8.13. The monoisotopic (exact) mass is 386 g/mol. The molecule has 1 aromatic rings. The topological polar surface area (TPSA) is 59.1 Å². The Balaban J connectivity index is 1.30. The molecule has 2 atom stereocenters. The van der Waals surface area contributed by atoms with E-state index in [0.29, 0.717) is 24.7 Å². The standard InChI is InChI=1S/C22H30N2O4/c25-21(23-10-1-2-11-23)18-7-3-8-19(14-18)28-16-17-6-4-12-24(15-17)22(26)20-9-5-13-27-20/h3,7-8,14,17,20H,1-2,4-6,9-13,15-16H2/t17-,20+/m0/s1. The fraction of sp³-hybridized carbons (Fsp3) is 0.636. The maximum Gasteiger partial charge on any atom is 0.253 e. The van der Waals surface area contributed by atoms with E-state index >= 15 is 0 Å². The molecule has 3 fully saturated rings.